The van der Waals surface area contributed by atoms with Crippen molar-refractivity contribution in [1.82, 2.24) is 20.1 Å². The van der Waals surface area contributed by atoms with E-state index >= 15 is 0 Å². The third-order valence-electron chi connectivity index (χ3n) is 2.66. The molecule has 90 valence electrons. The fourth-order valence-electron chi connectivity index (χ4n) is 1.81. The van der Waals surface area contributed by atoms with Crippen molar-refractivity contribution in [2.75, 3.05) is 7.05 Å². The first-order chi connectivity index (χ1) is 8.22. The highest BCUT2D eigenvalue weighted by atomic mass is 15.3. The fourth-order valence-corrected chi connectivity index (χ4v) is 1.81. The molecule has 0 atom stereocenters. The van der Waals surface area contributed by atoms with Gasteiger partial charge in [0.15, 0.2) is 5.82 Å². The van der Waals surface area contributed by atoms with Crippen molar-refractivity contribution in [2.45, 2.75) is 26.4 Å². The molecule has 0 radical (unpaired) electrons. The Hall–Kier alpha value is -1.68. The Kier molecular flexibility index (Phi) is 3.54. The third kappa shape index (κ3) is 2.53. The Bertz CT molecular complexity index is 470. The maximum absolute atomic E-state index is 4.32. The molecule has 1 aromatic carbocycles. The van der Waals surface area contributed by atoms with E-state index in [0.717, 1.165) is 17.9 Å². The number of nitrogens with zero attached hydrogens (tertiary/aromatic N) is 3. The summed E-state index contributed by atoms with van der Waals surface area (Å²) in [6, 6.07) is 8.74. The molecular formula is C13H18N4. The van der Waals surface area contributed by atoms with Crippen LogP contribution in [0.2, 0.25) is 0 Å². The van der Waals surface area contributed by atoms with Gasteiger partial charge in [0, 0.05) is 18.2 Å². The Balaban J connectivity index is 2.30. The van der Waals surface area contributed by atoms with Crippen LogP contribution in [0.15, 0.2) is 30.6 Å². The maximum Gasteiger partial charge on any atom is 0.158 e. The average molecular weight is 230 g/mol. The largest absolute Gasteiger partial charge is 0.316 e. The summed E-state index contributed by atoms with van der Waals surface area (Å²) in [5.41, 5.74) is 2.38. The van der Waals surface area contributed by atoms with E-state index in [9.17, 15) is 0 Å². The quantitative estimate of drug-likeness (QED) is 0.876. The predicted molar refractivity (Wildman–Crippen MR) is 68.6 cm³/mol. The van der Waals surface area contributed by atoms with Gasteiger partial charge in [0.05, 0.1) is 0 Å². The first-order valence-electron chi connectivity index (χ1n) is 5.85. The molecule has 0 bridgehead atoms. The van der Waals surface area contributed by atoms with Crippen LogP contribution in [0.1, 0.15) is 25.5 Å². The molecule has 17 heavy (non-hydrogen) atoms. The summed E-state index contributed by atoms with van der Waals surface area (Å²) in [6.07, 6.45) is 1.61. The van der Waals surface area contributed by atoms with Gasteiger partial charge in [0.2, 0.25) is 0 Å². The SMILES string of the molecule is CNCc1ccc(-c2ncnn2C(C)C)cc1. The van der Waals surface area contributed by atoms with Crippen molar-refractivity contribution >= 4 is 0 Å². The molecule has 1 heterocycles. The molecular weight excluding hydrogens is 212 g/mol. The van der Waals surface area contributed by atoms with Gasteiger partial charge in [-0.25, -0.2) is 9.67 Å². The van der Waals surface area contributed by atoms with E-state index in [-0.39, 0.29) is 0 Å². The van der Waals surface area contributed by atoms with Crippen LogP contribution in [0.5, 0.6) is 0 Å². The number of nitrogens with one attached hydrogen (secondary N) is 1. The molecule has 0 spiro atoms. The normalized spacial score (nSPS) is 11.1. The second-order valence-electron chi connectivity index (χ2n) is 4.35. The van der Waals surface area contributed by atoms with Crippen molar-refractivity contribution in [1.29, 1.82) is 0 Å². The van der Waals surface area contributed by atoms with E-state index in [0.29, 0.717) is 6.04 Å². The summed E-state index contributed by atoms with van der Waals surface area (Å²) in [4.78, 5) is 4.32. The summed E-state index contributed by atoms with van der Waals surface area (Å²) in [7, 11) is 1.95. The maximum atomic E-state index is 4.32. The highest BCUT2D eigenvalue weighted by Crippen LogP contribution is 2.19. The summed E-state index contributed by atoms with van der Waals surface area (Å²) in [6.45, 7) is 5.10. The zero-order valence-electron chi connectivity index (χ0n) is 10.5. The van der Waals surface area contributed by atoms with E-state index in [2.05, 4.69) is 53.5 Å². The van der Waals surface area contributed by atoms with E-state index in [1.54, 1.807) is 6.33 Å². The van der Waals surface area contributed by atoms with Gasteiger partial charge < -0.3 is 5.32 Å². The van der Waals surface area contributed by atoms with E-state index in [4.69, 9.17) is 0 Å². The summed E-state index contributed by atoms with van der Waals surface area (Å²) in [5, 5.41) is 7.38. The lowest BCUT2D eigenvalue weighted by Gasteiger charge is -2.09. The molecule has 0 unspecified atom stereocenters. The van der Waals surface area contributed by atoms with Crippen LogP contribution in [-0.4, -0.2) is 21.8 Å². The van der Waals surface area contributed by atoms with Gasteiger partial charge in [0.25, 0.3) is 0 Å². The molecule has 0 amide bonds. The van der Waals surface area contributed by atoms with E-state index < -0.39 is 0 Å². The molecule has 1 N–H and O–H groups in total. The molecule has 4 heteroatoms. The van der Waals surface area contributed by atoms with Gasteiger partial charge in [0.1, 0.15) is 6.33 Å². The third-order valence-corrected chi connectivity index (χ3v) is 2.66. The molecule has 0 aliphatic carbocycles. The summed E-state index contributed by atoms with van der Waals surface area (Å²) >= 11 is 0. The first kappa shape index (κ1) is 11.8. The van der Waals surface area contributed by atoms with E-state index in [1.165, 1.54) is 5.56 Å². The standard InChI is InChI=1S/C13H18N4/c1-10(2)17-13(15-9-16-17)12-6-4-11(5-7-12)8-14-3/h4-7,9-10,14H,8H2,1-3H3. The Morgan fingerprint density at radius 2 is 1.94 bits per heavy atom. The van der Waals surface area contributed by atoms with Crippen LogP contribution in [0.25, 0.3) is 11.4 Å². The number of hydrogen-bond acceptors (Lipinski definition) is 3. The molecule has 1 aromatic heterocycles. The molecule has 0 saturated carbocycles. The average Bonchev–Trinajstić information content (AvgIpc) is 2.79. The van der Waals surface area contributed by atoms with Gasteiger partial charge in [-0.2, -0.15) is 5.10 Å². The Morgan fingerprint density at radius 1 is 1.24 bits per heavy atom. The second-order valence-corrected chi connectivity index (χ2v) is 4.35. The predicted octanol–water partition coefficient (Wildman–Crippen LogP) is 2.25. The minimum Gasteiger partial charge on any atom is -0.316 e. The minimum absolute atomic E-state index is 0.324. The lowest BCUT2D eigenvalue weighted by atomic mass is 10.1. The Morgan fingerprint density at radius 3 is 2.53 bits per heavy atom. The van der Waals surface area contributed by atoms with Gasteiger partial charge in [-0.3, -0.25) is 0 Å². The number of aromatic nitrogens is 3. The van der Waals surface area contributed by atoms with E-state index in [1.807, 2.05) is 11.7 Å². The Labute approximate surface area is 102 Å². The fraction of sp³-hybridized carbons (Fsp3) is 0.385. The van der Waals surface area contributed by atoms with Gasteiger partial charge >= 0.3 is 0 Å². The second kappa shape index (κ2) is 5.10. The van der Waals surface area contributed by atoms with Crippen molar-refractivity contribution in [2.24, 2.45) is 0 Å². The van der Waals surface area contributed by atoms with Crippen LogP contribution in [0.3, 0.4) is 0 Å². The number of rotatable bonds is 4. The number of benzene rings is 1. The number of hydrogen-bond donors (Lipinski definition) is 1. The van der Waals surface area contributed by atoms with Gasteiger partial charge in [-0.1, -0.05) is 24.3 Å². The molecule has 2 aromatic rings. The molecule has 0 saturated heterocycles. The van der Waals surface area contributed by atoms with Crippen LogP contribution in [-0.2, 0) is 6.54 Å². The van der Waals surface area contributed by atoms with Crippen LogP contribution < -0.4 is 5.32 Å². The molecule has 0 fully saturated rings. The lowest BCUT2D eigenvalue weighted by Crippen LogP contribution is -2.06. The zero-order valence-corrected chi connectivity index (χ0v) is 10.5. The molecule has 4 nitrogen and oxygen atoms in total. The zero-order chi connectivity index (χ0) is 12.3. The van der Waals surface area contributed by atoms with Crippen LogP contribution in [0.4, 0.5) is 0 Å². The summed E-state index contributed by atoms with van der Waals surface area (Å²) < 4.78 is 1.94. The summed E-state index contributed by atoms with van der Waals surface area (Å²) in [5.74, 6) is 0.927. The highest BCUT2D eigenvalue weighted by molar-refractivity contribution is 5.55. The smallest absolute Gasteiger partial charge is 0.158 e. The van der Waals surface area contributed by atoms with Crippen molar-refractivity contribution < 1.29 is 0 Å². The van der Waals surface area contributed by atoms with Gasteiger partial charge in [-0.05, 0) is 26.5 Å². The molecule has 0 aliphatic rings. The van der Waals surface area contributed by atoms with Crippen LogP contribution >= 0.6 is 0 Å². The monoisotopic (exact) mass is 230 g/mol. The van der Waals surface area contributed by atoms with Crippen molar-refractivity contribution in [3.63, 3.8) is 0 Å². The lowest BCUT2D eigenvalue weighted by molar-refractivity contribution is 0.537. The molecule has 0 aliphatic heterocycles. The van der Waals surface area contributed by atoms with Crippen molar-refractivity contribution in [3.05, 3.63) is 36.2 Å². The minimum atomic E-state index is 0.324. The highest BCUT2D eigenvalue weighted by Gasteiger charge is 2.09. The van der Waals surface area contributed by atoms with Gasteiger partial charge in [-0.15, -0.1) is 0 Å². The first-order valence-corrected chi connectivity index (χ1v) is 5.85. The molecule has 2 rings (SSSR count). The van der Waals surface area contributed by atoms with Crippen molar-refractivity contribution in [3.8, 4) is 11.4 Å². The topological polar surface area (TPSA) is 42.7 Å². The van der Waals surface area contributed by atoms with Crippen LogP contribution in [0, 0.1) is 0 Å².